The zero-order chi connectivity index (χ0) is 24.7. The molecule has 0 aliphatic carbocycles. The van der Waals surface area contributed by atoms with Crippen LogP contribution < -0.4 is 10.6 Å². The number of carbonyl (C=O) groups excluding carboxylic acids is 4. The highest BCUT2D eigenvalue weighted by Gasteiger charge is 2.19. The molecule has 3 aromatic rings. The second kappa shape index (κ2) is 11.3. The summed E-state index contributed by atoms with van der Waals surface area (Å²) in [5.74, 6) is -1.55. The average molecular weight is 484 g/mol. The number of carbonyl (C=O) groups is 4. The first-order chi connectivity index (χ1) is 16.3. The van der Waals surface area contributed by atoms with Crippen molar-refractivity contribution >= 4 is 45.7 Å². The van der Waals surface area contributed by atoms with Gasteiger partial charge in [-0.05, 0) is 68.8 Å². The molecule has 2 heterocycles. The zero-order valence-electron chi connectivity index (χ0n) is 19.0. The number of hydrogen-bond donors (Lipinski definition) is 2. The number of hydrogen-bond acceptors (Lipinski definition) is 7. The van der Waals surface area contributed by atoms with Crippen LogP contribution in [0.1, 0.15) is 50.0 Å². The summed E-state index contributed by atoms with van der Waals surface area (Å²) in [6.07, 6.45) is 1.39. The second-order valence-electron chi connectivity index (χ2n) is 7.23. The Morgan fingerprint density at radius 2 is 1.74 bits per heavy atom. The fourth-order valence-electron chi connectivity index (χ4n) is 3.11. The first-order valence-corrected chi connectivity index (χ1v) is 11.5. The molecule has 0 aliphatic heterocycles. The normalized spacial score (nSPS) is 10.4. The number of nitrogens with one attached hydrogen (secondary N) is 2. The second-order valence-corrected chi connectivity index (χ2v) is 8.29. The Kier molecular flexibility index (Phi) is 8.20. The largest absolute Gasteiger partial charge is 0.459 e. The molecule has 0 saturated heterocycles. The highest BCUT2D eigenvalue weighted by Crippen LogP contribution is 2.28. The van der Waals surface area contributed by atoms with Crippen molar-refractivity contribution in [3.63, 3.8) is 0 Å². The number of furan rings is 1. The monoisotopic (exact) mass is 483 g/mol. The third-order valence-corrected chi connectivity index (χ3v) is 6.02. The van der Waals surface area contributed by atoms with Gasteiger partial charge in [0.05, 0.1) is 11.3 Å². The van der Waals surface area contributed by atoms with Crippen LogP contribution in [0, 0.1) is 6.92 Å². The molecule has 0 aliphatic rings. The Bertz CT molecular complexity index is 1160. The Morgan fingerprint density at radius 1 is 1.03 bits per heavy atom. The van der Waals surface area contributed by atoms with Gasteiger partial charge in [0.1, 0.15) is 4.88 Å². The molecular weight excluding hydrogens is 458 g/mol. The summed E-state index contributed by atoms with van der Waals surface area (Å²) in [7, 11) is 0. The topological polar surface area (TPSA) is 118 Å². The SMILES string of the molecule is CCN(CC)C(=O)c1ccc(NC(=O)COC(=O)c2sc(NC(=O)c3ccco3)cc2C)cc1. The van der Waals surface area contributed by atoms with Crippen LogP contribution in [-0.4, -0.2) is 48.3 Å². The molecule has 0 spiro atoms. The summed E-state index contributed by atoms with van der Waals surface area (Å²) < 4.78 is 10.2. The quantitative estimate of drug-likeness (QED) is 0.441. The molecule has 34 heavy (non-hydrogen) atoms. The number of benzene rings is 1. The standard InChI is InChI=1S/C24H25N3O6S/c1-4-27(5-2)23(30)16-8-10-17(11-9-16)25-19(28)14-33-24(31)21-15(3)13-20(34-21)26-22(29)18-7-6-12-32-18/h6-13H,4-5,14H2,1-3H3,(H,25,28)(H,26,29). The maximum Gasteiger partial charge on any atom is 0.349 e. The molecule has 0 unspecified atom stereocenters. The van der Waals surface area contributed by atoms with Gasteiger partial charge < -0.3 is 24.7 Å². The van der Waals surface area contributed by atoms with Crippen molar-refractivity contribution in [3.8, 4) is 0 Å². The lowest BCUT2D eigenvalue weighted by Gasteiger charge is -2.18. The van der Waals surface area contributed by atoms with Gasteiger partial charge in [0.25, 0.3) is 17.7 Å². The number of amides is 3. The number of ether oxygens (including phenoxy) is 1. The predicted molar refractivity (Wildman–Crippen MR) is 128 cm³/mol. The first kappa shape index (κ1) is 24.7. The van der Waals surface area contributed by atoms with Gasteiger partial charge in [-0.2, -0.15) is 0 Å². The van der Waals surface area contributed by atoms with Crippen molar-refractivity contribution in [3.05, 3.63) is 70.5 Å². The van der Waals surface area contributed by atoms with Gasteiger partial charge in [-0.1, -0.05) is 0 Å². The van der Waals surface area contributed by atoms with Crippen LogP contribution in [-0.2, 0) is 9.53 Å². The lowest BCUT2D eigenvalue weighted by atomic mass is 10.2. The van der Waals surface area contributed by atoms with Crippen LogP contribution in [0.3, 0.4) is 0 Å². The van der Waals surface area contributed by atoms with Crippen LogP contribution >= 0.6 is 11.3 Å². The fourth-order valence-corrected chi connectivity index (χ4v) is 4.07. The summed E-state index contributed by atoms with van der Waals surface area (Å²) in [6, 6.07) is 11.3. The van der Waals surface area contributed by atoms with E-state index in [4.69, 9.17) is 9.15 Å². The number of aryl methyl sites for hydroxylation is 1. The van der Waals surface area contributed by atoms with Crippen molar-refractivity contribution < 1.29 is 28.3 Å². The highest BCUT2D eigenvalue weighted by atomic mass is 32.1. The number of thiophene rings is 1. The van der Waals surface area contributed by atoms with E-state index in [-0.39, 0.29) is 16.5 Å². The Hall–Kier alpha value is -3.92. The molecule has 3 amide bonds. The van der Waals surface area contributed by atoms with E-state index >= 15 is 0 Å². The first-order valence-electron chi connectivity index (χ1n) is 10.6. The van der Waals surface area contributed by atoms with Crippen molar-refractivity contribution in [2.24, 2.45) is 0 Å². The van der Waals surface area contributed by atoms with Crippen molar-refractivity contribution in [1.29, 1.82) is 0 Å². The third-order valence-electron chi connectivity index (χ3n) is 4.89. The number of esters is 1. The molecular formula is C24H25N3O6S. The lowest BCUT2D eigenvalue weighted by Crippen LogP contribution is -2.30. The molecule has 0 atom stereocenters. The van der Waals surface area contributed by atoms with Crippen LogP contribution in [0.15, 0.2) is 53.1 Å². The van der Waals surface area contributed by atoms with E-state index in [0.29, 0.717) is 34.9 Å². The Morgan fingerprint density at radius 3 is 2.35 bits per heavy atom. The molecule has 0 saturated carbocycles. The van der Waals surface area contributed by atoms with Gasteiger partial charge in [-0.15, -0.1) is 11.3 Å². The Labute approximate surface area is 200 Å². The molecule has 0 fully saturated rings. The van der Waals surface area contributed by atoms with Crippen molar-refractivity contribution in [1.82, 2.24) is 4.90 Å². The highest BCUT2D eigenvalue weighted by molar-refractivity contribution is 7.18. The van der Waals surface area contributed by atoms with E-state index in [1.54, 1.807) is 48.2 Å². The van der Waals surface area contributed by atoms with E-state index in [1.165, 1.54) is 12.3 Å². The maximum atomic E-state index is 12.4. The zero-order valence-corrected chi connectivity index (χ0v) is 19.9. The summed E-state index contributed by atoms with van der Waals surface area (Å²) in [4.78, 5) is 51.1. The maximum absolute atomic E-state index is 12.4. The van der Waals surface area contributed by atoms with Gasteiger partial charge in [-0.3, -0.25) is 14.4 Å². The van der Waals surface area contributed by atoms with Gasteiger partial charge in [0.15, 0.2) is 12.4 Å². The molecule has 178 valence electrons. The minimum atomic E-state index is -0.670. The molecule has 10 heteroatoms. The number of rotatable bonds is 9. The van der Waals surface area contributed by atoms with E-state index in [9.17, 15) is 19.2 Å². The van der Waals surface area contributed by atoms with Crippen molar-refractivity contribution in [2.75, 3.05) is 30.3 Å². The molecule has 2 N–H and O–H groups in total. The minimum Gasteiger partial charge on any atom is -0.459 e. The smallest absolute Gasteiger partial charge is 0.349 e. The molecule has 1 aromatic carbocycles. The van der Waals surface area contributed by atoms with Crippen LogP contribution in [0.5, 0.6) is 0 Å². The van der Waals surface area contributed by atoms with E-state index < -0.39 is 24.4 Å². The number of anilines is 2. The summed E-state index contributed by atoms with van der Waals surface area (Å²) >= 11 is 1.04. The Balaban J connectivity index is 1.52. The third kappa shape index (κ3) is 6.10. The van der Waals surface area contributed by atoms with E-state index in [1.807, 2.05) is 13.8 Å². The summed E-state index contributed by atoms with van der Waals surface area (Å²) in [5, 5.41) is 5.74. The minimum absolute atomic E-state index is 0.0807. The van der Waals surface area contributed by atoms with Gasteiger partial charge in [0, 0.05) is 24.3 Å². The fraction of sp³-hybridized carbons (Fsp3) is 0.250. The molecule has 9 nitrogen and oxygen atoms in total. The predicted octanol–water partition coefficient (Wildman–Crippen LogP) is 4.18. The van der Waals surface area contributed by atoms with Crippen LogP contribution in [0.4, 0.5) is 10.7 Å². The van der Waals surface area contributed by atoms with E-state index in [2.05, 4.69) is 10.6 Å². The van der Waals surface area contributed by atoms with E-state index in [0.717, 1.165) is 11.3 Å². The van der Waals surface area contributed by atoms with Gasteiger partial charge >= 0.3 is 5.97 Å². The lowest BCUT2D eigenvalue weighted by molar-refractivity contribution is -0.119. The van der Waals surface area contributed by atoms with Gasteiger partial charge in [0.2, 0.25) is 0 Å². The van der Waals surface area contributed by atoms with Gasteiger partial charge in [-0.25, -0.2) is 4.79 Å². The average Bonchev–Trinajstić information content (AvgIpc) is 3.49. The molecule has 2 aromatic heterocycles. The molecule has 0 radical (unpaired) electrons. The van der Waals surface area contributed by atoms with Crippen LogP contribution in [0.2, 0.25) is 0 Å². The summed E-state index contributed by atoms with van der Waals surface area (Å²) in [5.41, 5.74) is 1.61. The molecule has 3 rings (SSSR count). The van der Waals surface area contributed by atoms with Crippen LogP contribution in [0.25, 0.3) is 0 Å². The molecule has 0 bridgehead atoms. The van der Waals surface area contributed by atoms with Crippen molar-refractivity contribution in [2.45, 2.75) is 20.8 Å². The summed E-state index contributed by atoms with van der Waals surface area (Å²) in [6.45, 7) is 6.27. The number of nitrogens with zero attached hydrogens (tertiary/aromatic N) is 1.